The van der Waals surface area contributed by atoms with E-state index in [1.807, 2.05) is 0 Å². The van der Waals surface area contributed by atoms with Gasteiger partial charge >= 0.3 is 0 Å². The summed E-state index contributed by atoms with van der Waals surface area (Å²) in [4.78, 5) is 15.8. The van der Waals surface area contributed by atoms with E-state index < -0.39 is 5.60 Å². The Kier molecular flexibility index (Phi) is 4.01. The number of nitrogens with two attached hydrogens (primary N) is 1. The van der Waals surface area contributed by atoms with Gasteiger partial charge in [0, 0.05) is 25.3 Å². The van der Waals surface area contributed by atoms with Gasteiger partial charge < -0.3 is 20.9 Å². The van der Waals surface area contributed by atoms with Crippen LogP contribution < -0.4 is 11.1 Å². The first-order valence-electron chi connectivity index (χ1n) is 6.31. The third-order valence-corrected chi connectivity index (χ3v) is 3.44. The fourth-order valence-electron chi connectivity index (χ4n) is 2.02. The molecule has 104 valence electrons. The molecule has 1 saturated heterocycles. The van der Waals surface area contributed by atoms with Crippen LogP contribution in [0.1, 0.15) is 19.0 Å². The van der Waals surface area contributed by atoms with Gasteiger partial charge in [0.25, 0.3) is 0 Å². The molecule has 1 aromatic heterocycles. The average molecular weight is 265 g/mol. The molecule has 1 amide bonds. The number of aromatic nitrogens is 1. The van der Waals surface area contributed by atoms with E-state index in [4.69, 9.17) is 10.5 Å². The minimum Gasteiger partial charge on any atom is -0.397 e. The first-order chi connectivity index (χ1) is 8.99. The smallest absolute Gasteiger partial charge is 0.226 e. The van der Waals surface area contributed by atoms with Crippen LogP contribution in [-0.2, 0) is 16.0 Å². The van der Waals surface area contributed by atoms with Gasteiger partial charge in [-0.15, -0.1) is 0 Å². The molecule has 19 heavy (non-hydrogen) atoms. The van der Waals surface area contributed by atoms with Crippen molar-refractivity contribution < 1.29 is 14.6 Å². The van der Waals surface area contributed by atoms with E-state index in [9.17, 15) is 9.90 Å². The number of nitrogen functional groups attached to an aromatic ring is 1. The van der Waals surface area contributed by atoms with Gasteiger partial charge in [0.2, 0.25) is 5.91 Å². The minimum absolute atomic E-state index is 0.172. The van der Waals surface area contributed by atoms with Gasteiger partial charge in [0.05, 0.1) is 24.4 Å². The van der Waals surface area contributed by atoms with Crippen LogP contribution in [0.5, 0.6) is 0 Å². The molecule has 0 aromatic carbocycles. The fraction of sp³-hybridized carbons (Fsp3) is 0.538. The van der Waals surface area contributed by atoms with Crippen molar-refractivity contribution in [1.82, 2.24) is 10.3 Å². The highest BCUT2D eigenvalue weighted by Crippen LogP contribution is 2.24. The summed E-state index contributed by atoms with van der Waals surface area (Å²) in [6.45, 7) is 2.52. The van der Waals surface area contributed by atoms with Crippen molar-refractivity contribution in [1.29, 1.82) is 0 Å². The predicted molar refractivity (Wildman–Crippen MR) is 70.3 cm³/mol. The lowest BCUT2D eigenvalue weighted by molar-refractivity contribution is -0.122. The molecular weight excluding hydrogens is 246 g/mol. The first kappa shape index (κ1) is 13.8. The number of carbonyl (C=O) groups is 1. The minimum atomic E-state index is -0.968. The highest BCUT2D eigenvalue weighted by molar-refractivity contribution is 5.78. The van der Waals surface area contributed by atoms with Crippen LogP contribution >= 0.6 is 0 Å². The van der Waals surface area contributed by atoms with Gasteiger partial charge in [-0.3, -0.25) is 9.78 Å². The molecule has 6 nitrogen and oxygen atoms in total. The number of hydrogen-bond donors (Lipinski definition) is 3. The number of hydrogen-bond acceptors (Lipinski definition) is 5. The lowest BCUT2D eigenvalue weighted by Gasteiger charge is -2.26. The van der Waals surface area contributed by atoms with Crippen LogP contribution in [0.2, 0.25) is 0 Å². The number of aliphatic hydroxyl groups is 1. The molecule has 1 aliphatic heterocycles. The molecule has 0 saturated carbocycles. The summed E-state index contributed by atoms with van der Waals surface area (Å²) in [7, 11) is 0. The van der Waals surface area contributed by atoms with E-state index in [1.54, 1.807) is 19.1 Å². The van der Waals surface area contributed by atoms with E-state index >= 15 is 0 Å². The molecule has 0 aliphatic carbocycles. The number of anilines is 1. The number of carbonyl (C=O) groups excluding carboxylic acids is 1. The van der Waals surface area contributed by atoms with Crippen LogP contribution in [0.3, 0.4) is 0 Å². The number of pyridine rings is 1. The molecule has 1 aromatic rings. The summed E-state index contributed by atoms with van der Waals surface area (Å²) in [5.74, 6) is -0.176. The van der Waals surface area contributed by atoms with E-state index in [1.165, 1.54) is 6.20 Å². The Morgan fingerprint density at radius 2 is 2.47 bits per heavy atom. The Morgan fingerprint density at radius 3 is 3.05 bits per heavy atom. The molecule has 2 unspecified atom stereocenters. The Morgan fingerprint density at radius 1 is 1.68 bits per heavy atom. The van der Waals surface area contributed by atoms with Crippen molar-refractivity contribution in [3.63, 3.8) is 0 Å². The third kappa shape index (κ3) is 3.42. The zero-order chi connectivity index (χ0) is 13.9. The van der Waals surface area contributed by atoms with Crippen LogP contribution in [0.15, 0.2) is 18.3 Å². The second-order valence-electron chi connectivity index (χ2n) is 4.90. The molecule has 0 bridgehead atoms. The van der Waals surface area contributed by atoms with E-state index in [2.05, 4.69) is 10.3 Å². The molecule has 1 fully saturated rings. The van der Waals surface area contributed by atoms with Gasteiger partial charge in [-0.25, -0.2) is 0 Å². The molecule has 2 heterocycles. The Bertz CT molecular complexity index is 449. The lowest BCUT2D eigenvalue weighted by atomic mass is 9.96. The highest BCUT2D eigenvalue weighted by atomic mass is 16.5. The van der Waals surface area contributed by atoms with Gasteiger partial charge in [-0.1, -0.05) is 0 Å². The van der Waals surface area contributed by atoms with Crippen LogP contribution in [-0.4, -0.2) is 40.9 Å². The molecule has 4 N–H and O–H groups in total. The van der Waals surface area contributed by atoms with Crippen LogP contribution in [0, 0.1) is 0 Å². The van der Waals surface area contributed by atoms with E-state index in [0.29, 0.717) is 24.4 Å². The lowest BCUT2D eigenvalue weighted by Crippen LogP contribution is -2.47. The molecule has 0 spiro atoms. The zero-order valence-corrected chi connectivity index (χ0v) is 10.9. The van der Waals surface area contributed by atoms with Crippen molar-refractivity contribution in [3.8, 4) is 0 Å². The predicted octanol–water partition coefficient (Wildman–Crippen LogP) is -0.138. The standard InChI is InChI=1S/C13H19N3O3/c1-9-13(18,4-5-19-9)8-16-12(17)6-11-3-2-10(14)7-15-11/h2-3,7,9,18H,4-6,8,14H2,1H3,(H,16,17). The van der Waals surface area contributed by atoms with Crippen molar-refractivity contribution in [2.75, 3.05) is 18.9 Å². The second kappa shape index (κ2) is 5.54. The second-order valence-corrected chi connectivity index (χ2v) is 4.90. The number of nitrogens with one attached hydrogen (secondary N) is 1. The SMILES string of the molecule is CC1OCCC1(O)CNC(=O)Cc1ccc(N)cn1. The van der Waals surface area contributed by atoms with Crippen molar-refractivity contribution >= 4 is 11.6 Å². The van der Waals surface area contributed by atoms with Gasteiger partial charge in [-0.2, -0.15) is 0 Å². The zero-order valence-electron chi connectivity index (χ0n) is 10.9. The maximum atomic E-state index is 11.8. The molecule has 1 aliphatic rings. The molecule has 0 radical (unpaired) electrons. The summed E-state index contributed by atoms with van der Waals surface area (Å²) < 4.78 is 5.30. The summed E-state index contributed by atoms with van der Waals surface area (Å²) in [5, 5.41) is 13.0. The highest BCUT2D eigenvalue weighted by Gasteiger charge is 2.39. The van der Waals surface area contributed by atoms with Gasteiger partial charge in [0.1, 0.15) is 5.60 Å². The third-order valence-electron chi connectivity index (χ3n) is 3.44. The quantitative estimate of drug-likeness (QED) is 0.704. The van der Waals surface area contributed by atoms with Crippen LogP contribution in [0.4, 0.5) is 5.69 Å². The molecular formula is C13H19N3O3. The molecule has 2 atom stereocenters. The number of amides is 1. The number of rotatable bonds is 4. The van der Waals surface area contributed by atoms with Crippen molar-refractivity contribution in [2.24, 2.45) is 0 Å². The normalized spacial score (nSPS) is 26.3. The summed E-state index contributed by atoms with van der Waals surface area (Å²) in [6, 6.07) is 3.42. The van der Waals surface area contributed by atoms with Gasteiger partial charge in [-0.05, 0) is 19.1 Å². The molecule has 2 rings (SSSR count). The van der Waals surface area contributed by atoms with Crippen molar-refractivity contribution in [3.05, 3.63) is 24.0 Å². The first-order valence-corrected chi connectivity index (χ1v) is 6.31. The Balaban J connectivity index is 1.83. The summed E-state index contributed by atoms with van der Waals surface area (Å²) in [5.41, 5.74) is 5.77. The van der Waals surface area contributed by atoms with E-state index in [0.717, 1.165) is 0 Å². The Labute approximate surface area is 112 Å². The van der Waals surface area contributed by atoms with Crippen LogP contribution in [0.25, 0.3) is 0 Å². The number of ether oxygens (including phenoxy) is 1. The van der Waals surface area contributed by atoms with E-state index in [-0.39, 0.29) is 25.0 Å². The topological polar surface area (TPSA) is 97.5 Å². The number of nitrogens with zero attached hydrogens (tertiary/aromatic N) is 1. The van der Waals surface area contributed by atoms with Crippen molar-refractivity contribution in [2.45, 2.75) is 31.5 Å². The van der Waals surface area contributed by atoms with Gasteiger partial charge in [0.15, 0.2) is 0 Å². The maximum absolute atomic E-state index is 11.8. The monoisotopic (exact) mass is 265 g/mol. The fourth-order valence-corrected chi connectivity index (χ4v) is 2.02. The summed E-state index contributed by atoms with van der Waals surface area (Å²) >= 11 is 0. The maximum Gasteiger partial charge on any atom is 0.226 e. The largest absolute Gasteiger partial charge is 0.397 e. The molecule has 6 heteroatoms. The average Bonchev–Trinajstić information content (AvgIpc) is 2.71. The Hall–Kier alpha value is -1.66. The summed E-state index contributed by atoms with van der Waals surface area (Å²) in [6.07, 6.45) is 1.96.